The van der Waals surface area contributed by atoms with E-state index in [9.17, 15) is 4.79 Å². The average Bonchev–Trinajstić information content (AvgIpc) is 1.98. The third-order valence-electron chi connectivity index (χ3n) is 1.56. The van der Waals surface area contributed by atoms with Crippen molar-refractivity contribution in [3.63, 3.8) is 0 Å². The summed E-state index contributed by atoms with van der Waals surface area (Å²) in [6.45, 7) is 4.59. The number of carbonyl (C=O) groups is 1. The molecule has 1 atom stereocenters. The molecule has 11 heavy (non-hydrogen) atoms. The van der Waals surface area contributed by atoms with E-state index in [4.69, 9.17) is 4.74 Å². The summed E-state index contributed by atoms with van der Waals surface area (Å²) in [5.74, 6) is 0.0228. The van der Waals surface area contributed by atoms with Gasteiger partial charge in [0.05, 0.1) is 0 Å². The van der Waals surface area contributed by atoms with E-state index in [1.54, 1.807) is 0 Å². The summed E-state index contributed by atoms with van der Waals surface area (Å²) in [6.07, 6.45) is 0.922. The Labute approximate surface area is 77.0 Å². The van der Waals surface area contributed by atoms with Crippen LogP contribution in [-0.4, -0.2) is 34.3 Å². The van der Waals surface area contributed by atoms with Gasteiger partial charge in [0.2, 0.25) is 0 Å². The predicted octanol–water partition coefficient (Wildman–Crippen LogP) is 2.08. The van der Waals surface area contributed by atoms with Gasteiger partial charge in [0, 0.05) is 0 Å². The Bertz CT molecular complexity index is 123. The van der Waals surface area contributed by atoms with Gasteiger partial charge in [-0.2, -0.15) is 0 Å². The number of rotatable bonds is 4. The second kappa shape index (κ2) is 5.94. The fourth-order valence-electron chi connectivity index (χ4n) is 0.534. The fraction of sp³-hybridized carbons (Fsp3) is 0.875. The molecule has 2 nitrogen and oxygen atoms in total. The summed E-state index contributed by atoms with van der Waals surface area (Å²) in [7, 11) is 0. The Morgan fingerprint density at radius 1 is 1.55 bits per heavy atom. The molecule has 0 fully saturated rings. The summed E-state index contributed by atoms with van der Waals surface area (Å²) >= 11 is -1.41. The Balaban J connectivity index is 3.64. The normalized spacial score (nSPS) is 13.2. The van der Waals surface area contributed by atoms with Crippen LogP contribution in [0.25, 0.3) is 0 Å². The van der Waals surface area contributed by atoms with Crippen LogP contribution in [-0.2, 0) is 9.53 Å². The molecule has 0 saturated carbocycles. The molecule has 0 aliphatic carbocycles. The van der Waals surface area contributed by atoms with Crippen LogP contribution in [0.2, 0.25) is 12.9 Å². The Morgan fingerprint density at radius 2 is 2.09 bits per heavy atom. The van der Waals surface area contributed by atoms with Crippen LogP contribution >= 0.6 is 0 Å². The van der Waals surface area contributed by atoms with Crippen LogP contribution in [0.15, 0.2) is 0 Å². The molecule has 0 radical (unpaired) electrons. The molecule has 3 heteroatoms. The second-order valence-electron chi connectivity index (χ2n) is 2.81. The van der Waals surface area contributed by atoms with Crippen LogP contribution in [0.4, 0.5) is 0 Å². The quantitative estimate of drug-likeness (QED) is 0.571. The maximum atomic E-state index is 11.2. The summed E-state index contributed by atoms with van der Waals surface area (Å²) in [4.78, 5) is 11.2. The summed E-state index contributed by atoms with van der Waals surface area (Å²) in [6, 6.07) is 0. The zero-order valence-electron chi connectivity index (χ0n) is 7.76. The molecule has 0 amide bonds. The molecule has 0 aliphatic rings. The van der Waals surface area contributed by atoms with Crippen LogP contribution in [0.3, 0.4) is 0 Å². The van der Waals surface area contributed by atoms with Crippen molar-refractivity contribution in [3.8, 4) is 0 Å². The zero-order chi connectivity index (χ0) is 8.85. The SMILES string of the molecule is CCCOC(=O)[CH](C)[Bi]([CH3])[CH3]. The van der Waals surface area contributed by atoms with Gasteiger partial charge in [-0.1, -0.05) is 0 Å². The Hall–Kier alpha value is 0.353. The molecule has 0 N–H and O–H groups in total. The molecule has 0 aliphatic heterocycles. The van der Waals surface area contributed by atoms with Gasteiger partial charge in [-0.05, 0) is 0 Å². The van der Waals surface area contributed by atoms with Gasteiger partial charge in [0.1, 0.15) is 0 Å². The second-order valence-corrected chi connectivity index (χ2v) is 13.3. The van der Waals surface area contributed by atoms with Crippen LogP contribution in [0.5, 0.6) is 0 Å². The minimum absolute atomic E-state index is 0.0228. The zero-order valence-corrected chi connectivity index (χ0v) is 11.2. The minimum atomic E-state index is -1.41. The van der Waals surface area contributed by atoms with Crippen molar-refractivity contribution in [1.82, 2.24) is 0 Å². The van der Waals surface area contributed by atoms with Crippen molar-refractivity contribution in [2.75, 3.05) is 6.61 Å². The summed E-state index contributed by atoms with van der Waals surface area (Å²) in [5.41, 5.74) is 0. The summed E-state index contributed by atoms with van der Waals surface area (Å²) in [5, 5.41) is 0. The van der Waals surface area contributed by atoms with E-state index in [-0.39, 0.29) is 9.60 Å². The number of esters is 1. The molecule has 0 bridgehead atoms. The number of ether oxygens (including phenoxy) is 1. The van der Waals surface area contributed by atoms with Crippen LogP contribution in [0.1, 0.15) is 20.3 Å². The van der Waals surface area contributed by atoms with E-state index in [2.05, 4.69) is 9.26 Å². The van der Waals surface area contributed by atoms with Gasteiger partial charge in [0.15, 0.2) is 0 Å². The third kappa shape index (κ3) is 4.73. The first kappa shape index (κ1) is 11.4. The fourth-order valence-corrected chi connectivity index (χ4v) is 2.46. The molecular weight excluding hydrogens is 337 g/mol. The van der Waals surface area contributed by atoms with Crippen molar-refractivity contribution in [2.45, 2.75) is 33.2 Å². The summed E-state index contributed by atoms with van der Waals surface area (Å²) < 4.78 is 9.72. The van der Waals surface area contributed by atoms with Gasteiger partial charge in [-0.25, -0.2) is 0 Å². The molecule has 0 aromatic rings. The first-order chi connectivity index (χ1) is 5.09. The number of carbonyl (C=O) groups excluding carboxylic acids is 1. The van der Waals surface area contributed by atoms with Crippen molar-refractivity contribution in [2.24, 2.45) is 0 Å². The number of hydrogen-bond donors (Lipinski definition) is 0. The Kier molecular flexibility index (Phi) is 6.13. The van der Waals surface area contributed by atoms with E-state index < -0.39 is 21.8 Å². The van der Waals surface area contributed by atoms with Crippen molar-refractivity contribution in [1.29, 1.82) is 0 Å². The predicted molar refractivity (Wildman–Crippen MR) is 48.2 cm³/mol. The van der Waals surface area contributed by atoms with Crippen molar-refractivity contribution >= 4 is 27.7 Å². The van der Waals surface area contributed by atoms with Gasteiger partial charge in [-0.3, -0.25) is 0 Å². The van der Waals surface area contributed by atoms with Crippen molar-refractivity contribution in [3.05, 3.63) is 0 Å². The van der Waals surface area contributed by atoms with Gasteiger partial charge < -0.3 is 0 Å². The molecular formula is C8H17BiO2. The molecule has 0 saturated heterocycles. The molecule has 0 heterocycles. The van der Waals surface area contributed by atoms with Gasteiger partial charge >= 0.3 is 77.0 Å². The molecule has 0 rings (SSSR count). The molecule has 0 aromatic heterocycles. The standard InChI is InChI=1S/C6H11O2.2CH3.Bi/c1-3-5-8-6(7)4-2;;;/h4H,3,5H2,1-2H3;2*1H3;. The van der Waals surface area contributed by atoms with Crippen molar-refractivity contribution < 1.29 is 9.53 Å². The molecule has 0 aromatic carbocycles. The third-order valence-corrected chi connectivity index (χ3v) is 8.41. The van der Waals surface area contributed by atoms with E-state index >= 15 is 0 Å². The average molecular weight is 354 g/mol. The monoisotopic (exact) mass is 354 g/mol. The molecule has 1 unspecified atom stereocenters. The van der Waals surface area contributed by atoms with E-state index in [1.165, 1.54) is 0 Å². The van der Waals surface area contributed by atoms with Gasteiger partial charge in [0.25, 0.3) is 0 Å². The number of hydrogen-bond acceptors (Lipinski definition) is 2. The first-order valence-corrected chi connectivity index (χ1v) is 12.9. The van der Waals surface area contributed by atoms with Gasteiger partial charge in [-0.15, -0.1) is 0 Å². The van der Waals surface area contributed by atoms with E-state index in [1.807, 2.05) is 13.8 Å². The topological polar surface area (TPSA) is 26.3 Å². The molecule has 66 valence electrons. The first-order valence-electron chi connectivity index (χ1n) is 3.92. The van der Waals surface area contributed by atoms with E-state index in [0.29, 0.717) is 6.61 Å². The van der Waals surface area contributed by atoms with Crippen LogP contribution in [0, 0.1) is 0 Å². The Morgan fingerprint density at radius 3 is 2.45 bits per heavy atom. The molecule has 0 spiro atoms. The van der Waals surface area contributed by atoms with E-state index in [0.717, 1.165) is 6.42 Å². The van der Waals surface area contributed by atoms with Crippen LogP contribution < -0.4 is 0 Å². The maximum absolute atomic E-state index is 11.2.